The van der Waals surface area contributed by atoms with Crippen molar-refractivity contribution in [1.82, 2.24) is 0 Å². The number of aldehydes is 1. The maximum Gasteiger partial charge on any atom is 0.192 e. The summed E-state index contributed by atoms with van der Waals surface area (Å²) in [6.45, 7) is 37.7. The van der Waals surface area contributed by atoms with E-state index in [0.717, 1.165) is 6.29 Å². The second-order valence-electron chi connectivity index (χ2n) is 15.5. The molecule has 0 aliphatic carbocycles. The first-order valence-corrected chi connectivity index (χ1v) is 22.2. The first-order valence-electron chi connectivity index (χ1n) is 13.5. The zero-order chi connectivity index (χ0) is 28.8. The summed E-state index contributed by atoms with van der Waals surface area (Å²) in [6.07, 6.45) is -1.35. The molecule has 0 spiro atoms. The lowest BCUT2D eigenvalue weighted by Crippen LogP contribution is -2.59. The van der Waals surface area contributed by atoms with Gasteiger partial charge in [-0.05, 0) is 68.2 Å². The summed E-state index contributed by atoms with van der Waals surface area (Å²) in [5, 5.41) is 0.0312. The highest BCUT2D eigenvalue weighted by Crippen LogP contribution is 2.44. The van der Waals surface area contributed by atoms with E-state index in [2.05, 4.69) is 102 Å². The summed E-state index contributed by atoms with van der Waals surface area (Å²) in [6, 6.07) is 0. The van der Waals surface area contributed by atoms with Crippen molar-refractivity contribution in [1.29, 1.82) is 0 Å². The van der Waals surface area contributed by atoms with Gasteiger partial charge in [-0.2, -0.15) is 0 Å². The summed E-state index contributed by atoms with van der Waals surface area (Å²) in [5.41, 5.74) is 0. The Morgan fingerprint density at radius 3 is 1.56 bits per heavy atom. The SMILES string of the molecule is CC1(C)O[C@@H]([C@H](O[Si](C)(C)C(C)(C)C)[C@@H](CO[Si](C)(C)C(C)(C)C)O[Si](C)(C)C(C)(C)C)[C@@H](C=O)O1. The van der Waals surface area contributed by atoms with Gasteiger partial charge in [0, 0.05) is 0 Å². The minimum atomic E-state index is -2.28. The zero-order valence-corrected chi connectivity index (χ0v) is 29.5. The van der Waals surface area contributed by atoms with E-state index in [1.807, 2.05) is 13.8 Å². The summed E-state index contributed by atoms with van der Waals surface area (Å²) < 4.78 is 33.3. The Bertz CT molecular complexity index is 744. The van der Waals surface area contributed by atoms with Crippen molar-refractivity contribution in [3.63, 3.8) is 0 Å². The normalized spacial score (nSPS) is 24.0. The van der Waals surface area contributed by atoms with E-state index >= 15 is 0 Å². The average Bonchev–Trinajstić information content (AvgIpc) is 2.95. The molecular formula is C27H58O6Si3. The van der Waals surface area contributed by atoms with E-state index in [4.69, 9.17) is 22.8 Å². The Morgan fingerprint density at radius 2 is 1.17 bits per heavy atom. The molecule has 214 valence electrons. The van der Waals surface area contributed by atoms with E-state index in [-0.39, 0.29) is 21.2 Å². The predicted octanol–water partition coefficient (Wildman–Crippen LogP) is 7.51. The van der Waals surface area contributed by atoms with Crippen molar-refractivity contribution in [3.05, 3.63) is 0 Å². The van der Waals surface area contributed by atoms with Crippen molar-refractivity contribution < 1.29 is 27.5 Å². The Labute approximate surface area is 225 Å². The lowest BCUT2D eigenvalue weighted by Gasteiger charge is -2.47. The second kappa shape index (κ2) is 10.9. The molecular weight excluding hydrogens is 505 g/mol. The molecule has 0 radical (unpaired) electrons. The van der Waals surface area contributed by atoms with E-state index in [9.17, 15) is 4.79 Å². The van der Waals surface area contributed by atoms with Crippen molar-refractivity contribution >= 4 is 31.2 Å². The quantitative estimate of drug-likeness (QED) is 0.203. The van der Waals surface area contributed by atoms with E-state index < -0.39 is 49.1 Å². The van der Waals surface area contributed by atoms with Crippen LogP contribution >= 0.6 is 0 Å². The van der Waals surface area contributed by atoms with Gasteiger partial charge in [0.2, 0.25) is 0 Å². The standard InChI is InChI=1S/C27H58O6Si3/c1-24(2,3)34(12,13)29-19-21(32-35(14,15)25(4,5)6)23(33-36(16,17)26(7,8)9)22-20(18-28)30-27(10,11)31-22/h18,20-23H,19H2,1-17H3/t20-,21-,22-,23-/m1/s1. The van der Waals surface area contributed by atoms with Gasteiger partial charge >= 0.3 is 0 Å². The van der Waals surface area contributed by atoms with Gasteiger partial charge < -0.3 is 27.5 Å². The largest absolute Gasteiger partial charge is 0.414 e. The molecule has 36 heavy (non-hydrogen) atoms. The minimum absolute atomic E-state index is 0.000111. The third-order valence-electron chi connectivity index (χ3n) is 8.89. The van der Waals surface area contributed by atoms with Gasteiger partial charge in [0.05, 0.1) is 12.7 Å². The molecule has 1 rings (SSSR count). The third kappa shape index (κ3) is 8.31. The van der Waals surface area contributed by atoms with Crippen LogP contribution in [0.3, 0.4) is 0 Å². The molecule has 4 atom stereocenters. The summed E-state index contributed by atoms with van der Waals surface area (Å²) >= 11 is 0. The number of ether oxygens (including phenoxy) is 2. The first-order chi connectivity index (χ1) is 15.7. The fourth-order valence-electron chi connectivity index (χ4n) is 3.31. The van der Waals surface area contributed by atoms with Crippen molar-refractivity contribution in [3.8, 4) is 0 Å². The van der Waals surface area contributed by atoms with Gasteiger partial charge in [-0.3, -0.25) is 0 Å². The zero-order valence-electron chi connectivity index (χ0n) is 26.5. The highest BCUT2D eigenvalue weighted by Gasteiger charge is 2.53. The number of hydrogen-bond acceptors (Lipinski definition) is 6. The molecule has 0 aromatic rings. The van der Waals surface area contributed by atoms with E-state index in [1.165, 1.54) is 0 Å². The van der Waals surface area contributed by atoms with Gasteiger partial charge in [0.25, 0.3) is 0 Å². The van der Waals surface area contributed by atoms with Crippen LogP contribution in [0.1, 0.15) is 76.2 Å². The van der Waals surface area contributed by atoms with Crippen LogP contribution in [0.2, 0.25) is 54.4 Å². The number of carbonyl (C=O) groups excluding carboxylic acids is 1. The Kier molecular flexibility index (Phi) is 10.4. The van der Waals surface area contributed by atoms with E-state index in [0.29, 0.717) is 6.61 Å². The molecule has 0 bridgehead atoms. The fourth-order valence-corrected chi connectivity index (χ4v) is 6.95. The van der Waals surface area contributed by atoms with Gasteiger partial charge in [-0.25, -0.2) is 0 Å². The molecule has 0 unspecified atom stereocenters. The van der Waals surface area contributed by atoms with Crippen LogP contribution in [0.25, 0.3) is 0 Å². The van der Waals surface area contributed by atoms with Crippen LogP contribution in [0.15, 0.2) is 0 Å². The van der Waals surface area contributed by atoms with Crippen molar-refractivity contribution in [2.75, 3.05) is 6.61 Å². The number of carbonyl (C=O) groups is 1. The summed E-state index contributed by atoms with van der Waals surface area (Å²) in [7, 11) is -6.58. The highest BCUT2D eigenvalue weighted by molar-refractivity contribution is 6.75. The van der Waals surface area contributed by atoms with Crippen molar-refractivity contribution in [2.24, 2.45) is 0 Å². The molecule has 0 saturated carbocycles. The lowest BCUT2D eigenvalue weighted by atomic mass is 10.0. The fraction of sp³-hybridized carbons (Fsp3) is 0.963. The molecule has 6 nitrogen and oxygen atoms in total. The predicted molar refractivity (Wildman–Crippen MR) is 157 cm³/mol. The highest BCUT2D eigenvalue weighted by atomic mass is 28.4. The molecule has 0 aromatic carbocycles. The maximum absolute atomic E-state index is 12.2. The Balaban J connectivity index is 3.63. The van der Waals surface area contributed by atoms with Crippen LogP contribution < -0.4 is 0 Å². The molecule has 1 saturated heterocycles. The summed E-state index contributed by atoms with van der Waals surface area (Å²) in [5.74, 6) is -0.882. The lowest BCUT2D eigenvalue weighted by molar-refractivity contribution is -0.162. The molecule has 1 heterocycles. The van der Waals surface area contributed by atoms with Gasteiger partial charge in [0.1, 0.15) is 18.3 Å². The summed E-state index contributed by atoms with van der Waals surface area (Å²) in [4.78, 5) is 12.2. The van der Waals surface area contributed by atoms with Crippen LogP contribution in [-0.2, 0) is 27.5 Å². The molecule has 1 fully saturated rings. The van der Waals surface area contributed by atoms with Gasteiger partial charge in [-0.15, -0.1) is 0 Å². The van der Waals surface area contributed by atoms with Crippen LogP contribution in [0.4, 0.5) is 0 Å². The molecule has 0 amide bonds. The second-order valence-corrected chi connectivity index (χ2v) is 29.9. The van der Waals surface area contributed by atoms with Crippen molar-refractivity contribution in [2.45, 2.75) is 161 Å². The van der Waals surface area contributed by atoms with Gasteiger partial charge in [-0.1, -0.05) is 62.3 Å². The molecule has 9 heteroatoms. The molecule has 0 N–H and O–H groups in total. The molecule has 1 aliphatic heterocycles. The molecule has 1 aliphatic rings. The molecule has 0 aromatic heterocycles. The minimum Gasteiger partial charge on any atom is -0.414 e. The van der Waals surface area contributed by atoms with Crippen LogP contribution in [-0.4, -0.2) is 68.0 Å². The van der Waals surface area contributed by atoms with Crippen LogP contribution in [0, 0.1) is 0 Å². The Hall–Kier alpha value is 0.121. The smallest absolute Gasteiger partial charge is 0.192 e. The average molecular weight is 563 g/mol. The Morgan fingerprint density at radius 1 is 0.750 bits per heavy atom. The first kappa shape index (κ1) is 34.1. The van der Waals surface area contributed by atoms with Gasteiger partial charge in [0.15, 0.2) is 37.0 Å². The number of hydrogen-bond donors (Lipinski definition) is 0. The monoisotopic (exact) mass is 562 g/mol. The van der Waals surface area contributed by atoms with Crippen LogP contribution in [0.5, 0.6) is 0 Å². The number of rotatable bonds is 10. The maximum atomic E-state index is 12.2. The topological polar surface area (TPSA) is 63.2 Å². The third-order valence-corrected chi connectivity index (χ3v) is 22.4. The van der Waals surface area contributed by atoms with E-state index in [1.54, 1.807) is 0 Å².